The van der Waals surface area contributed by atoms with E-state index in [4.69, 9.17) is 9.97 Å². The Labute approximate surface area is 187 Å². The van der Waals surface area contributed by atoms with Crippen LogP contribution in [0.3, 0.4) is 0 Å². The number of piperazine rings is 1. The fourth-order valence-electron chi connectivity index (χ4n) is 4.14. The van der Waals surface area contributed by atoms with Crippen LogP contribution < -0.4 is 4.90 Å². The van der Waals surface area contributed by atoms with Gasteiger partial charge in [-0.05, 0) is 27.2 Å². The van der Waals surface area contributed by atoms with Crippen LogP contribution in [0.25, 0.3) is 11.4 Å². The molecular formula is C26H38N4O. The third-order valence-corrected chi connectivity index (χ3v) is 6.35. The van der Waals surface area contributed by atoms with E-state index in [9.17, 15) is 4.79 Å². The van der Waals surface area contributed by atoms with Gasteiger partial charge in [0.2, 0.25) is 5.91 Å². The van der Waals surface area contributed by atoms with Crippen LogP contribution in [0.5, 0.6) is 0 Å². The van der Waals surface area contributed by atoms with Crippen molar-refractivity contribution in [3.05, 3.63) is 41.1 Å². The second-order valence-corrected chi connectivity index (χ2v) is 8.83. The number of hydrogen-bond donors (Lipinski definition) is 0. The average molecular weight is 423 g/mol. The number of anilines is 1. The normalized spacial score (nSPS) is 14.2. The molecule has 1 aliphatic rings. The summed E-state index contributed by atoms with van der Waals surface area (Å²) in [6, 6.07) is 8.37. The second-order valence-electron chi connectivity index (χ2n) is 8.83. The van der Waals surface area contributed by atoms with Gasteiger partial charge in [0, 0.05) is 49.4 Å². The first kappa shape index (κ1) is 23.2. The largest absolute Gasteiger partial charge is 0.353 e. The molecule has 0 unspecified atom stereocenters. The van der Waals surface area contributed by atoms with Crippen molar-refractivity contribution in [2.24, 2.45) is 0 Å². The summed E-state index contributed by atoms with van der Waals surface area (Å²) in [5.41, 5.74) is 4.42. The molecular weight excluding hydrogens is 384 g/mol. The summed E-state index contributed by atoms with van der Waals surface area (Å²) in [6.45, 7) is 11.7. The van der Waals surface area contributed by atoms with E-state index in [-0.39, 0.29) is 0 Å². The molecule has 0 saturated carbocycles. The molecule has 3 rings (SSSR count). The van der Waals surface area contributed by atoms with Crippen molar-refractivity contribution in [2.75, 3.05) is 31.1 Å². The highest BCUT2D eigenvalue weighted by Gasteiger charge is 2.23. The minimum atomic E-state index is 0.311. The van der Waals surface area contributed by atoms with Crippen LogP contribution in [-0.2, 0) is 4.79 Å². The van der Waals surface area contributed by atoms with Gasteiger partial charge in [0.15, 0.2) is 5.82 Å². The zero-order valence-electron chi connectivity index (χ0n) is 19.8. The predicted octanol–water partition coefficient (Wildman–Crippen LogP) is 5.47. The molecule has 1 aliphatic heterocycles. The maximum atomic E-state index is 12.6. The number of hydrogen-bond acceptors (Lipinski definition) is 4. The first-order valence-electron chi connectivity index (χ1n) is 11.9. The number of amides is 1. The van der Waals surface area contributed by atoms with Gasteiger partial charge < -0.3 is 9.80 Å². The molecule has 1 amide bonds. The zero-order valence-corrected chi connectivity index (χ0v) is 19.8. The molecule has 1 saturated heterocycles. The highest BCUT2D eigenvalue weighted by Crippen LogP contribution is 2.26. The molecule has 1 fully saturated rings. The summed E-state index contributed by atoms with van der Waals surface area (Å²) in [4.78, 5) is 26.6. The van der Waals surface area contributed by atoms with E-state index in [0.717, 1.165) is 61.1 Å². The number of rotatable bonds is 9. The van der Waals surface area contributed by atoms with Crippen LogP contribution >= 0.6 is 0 Å². The molecule has 5 nitrogen and oxygen atoms in total. The number of aromatic nitrogens is 2. The van der Waals surface area contributed by atoms with Crippen molar-refractivity contribution in [1.29, 1.82) is 0 Å². The SMILES string of the molecule is CCCCCCCCC(=O)N1CCN(c2nc(-c3ccc(C)cc3)nc(C)c2C)CC1. The monoisotopic (exact) mass is 422 g/mol. The van der Waals surface area contributed by atoms with E-state index < -0.39 is 0 Å². The molecule has 31 heavy (non-hydrogen) atoms. The van der Waals surface area contributed by atoms with Crippen LogP contribution in [0, 0.1) is 20.8 Å². The lowest BCUT2D eigenvalue weighted by Gasteiger charge is -2.36. The van der Waals surface area contributed by atoms with Crippen molar-refractivity contribution in [3.63, 3.8) is 0 Å². The predicted molar refractivity (Wildman–Crippen MR) is 128 cm³/mol. The standard InChI is InChI=1S/C26H38N4O/c1-5-6-7-8-9-10-11-24(31)29-16-18-30(19-17-29)26-21(3)22(4)27-25(28-26)23-14-12-20(2)13-15-23/h12-15H,5-11,16-19H2,1-4H3. The summed E-state index contributed by atoms with van der Waals surface area (Å²) in [7, 11) is 0. The first-order chi connectivity index (χ1) is 15.0. The molecule has 0 spiro atoms. The Morgan fingerprint density at radius 1 is 0.871 bits per heavy atom. The minimum Gasteiger partial charge on any atom is -0.353 e. The van der Waals surface area contributed by atoms with E-state index in [2.05, 4.69) is 56.9 Å². The maximum absolute atomic E-state index is 12.6. The molecule has 0 aliphatic carbocycles. The van der Waals surface area contributed by atoms with E-state index in [1.54, 1.807) is 0 Å². The lowest BCUT2D eigenvalue weighted by molar-refractivity contribution is -0.131. The fourth-order valence-corrected chi connectivity index (χ4v) is 4.14. The van der Waals surface area contributed by atoms with E-state index in [1.807, 2.05) is 4.90 Å². The molecule has 2 aromatic rings. The third-order valence-electron chi connectivity index (χ3n) is 6.35. The van der Waals surface area contributed by atoms with Crippen LogP contribution in [0.15, 0.2) is 24.3 Å². The van der Waals surface area contributed by atoms with Gasteiger partial charge in [-0.25, -0.2) is 9.97 Å². The number of unbranched alkanes of at least 4 members (excludes halogenated alkanes) is 5. The van der Waals surface area contributed by atoms with Gasteiger partial charge in [0.05, 0.1) is 0 Å². The average Bonchev–Trinajstić information content (AvgIpc) is 2.78. The summed E-state index contributed by atoms with van der Waals surface area (Å²) >= 11 is 0. The molecule has 168 valence electrons. The van der Waals surface area contributed by atoms with Crippen molar-refractivity contribution in [3.8, 4) is 11.4 Å². The minimum absolute atomic E-state index is 0.311. The van der Waals surface area contributed by atoms with Crippen LogP contribution in [-0.4, -0.2) is 47.0 Å². The van der Waals surface area contributed by atoms with Crippen LogP contribution in [0.1, 0.15) is 68.7 Å². The van der Waals surface area contributed by atoms with Gasteiger partial charge in [-0.2, -0.15) is 0 Å². The highest BCUT2D eigenvalue weighted by atomic mass is 16.2. The Hall–Kier alpha value is -2.43. The molecule has 0 radical (unpaired) electrons. The van der Waals surface area contributed by atoms with E-state index >= 15 is 0 Å². The number of carbonyl (C=O) groups excluding carboxylic acids is 1. The first-order valence-corrected chi connectivity index (χ1v) is 11.9. The molecule has 0 atom stereocenters. The second kappa shape index (κ2) is 11.3. The van der Waals surface area contributed by atoms with Crippen molar-refractivity contribution in [2.45, 2.75) is 72.6 Å². The van der Waals surface area contributed by atoms with E-state index in [0.29, 0.717) is 12.3 Å². The molecule has 5 heteroatoms. The Kier molecular flexibility index (Phi) is 8.44. The molecule has 2 heterocycles. The Bertz CT molecular complexity index is 854. The van der Waals surface area contributed by atoms with Crippen LogP contribution in [0.4, 0.5) is 5.82 Å². The maximum Gasteiger partial charge on any atom is 0.222 e. The number of nitrogens with zero attached hydrogens (tertiary/aromatic N) is 4. The van der Waals surface area contributed by atoms with Gasteiger partial charge >= 0.3 is 0 Å². The Balaban J connectivity index is 1.57. The van der Waals surface area contributed by atoms with Gasteiger partial charge in [-0.3, -0.25) is 4.79 Å². The summed E-state index contributed by atoms with van der Waals surface area (Å²) in [5.74, 6) is 2.09. The van der Waals surface area contributed by atoms with Gasteiger partial charge in [-0.15, -0.1) is 0 Å². The lowest BCUT2D eigenvalue weighted by Crippen LogP contribution is -2.49. The third kappa shape index (κ3) is 6.28. The Morgan fingerprint density at radius 2 is 1.52 bits per heavy atom. The Morgan fingerprint density at radius 3 is 2.19 bits per heavy atom. The number of aryl methyl sites for hydroxylation is 2. The van der Waals surface area contributed by atoms with Crippen LogP contribution in [0.2, 0.25) is 0 Å². The van der Waals surface area contributed by atoms with Gasteiger partial charge in [0.1, 0.15) is 5.82 Å². The van der Waals surface area contributed by atoms with Crippen molar-refractivity contribution in [1.82, 2.24) is 14.9 Å². The molecule has 1 aromatic carbocycles. The summed E-state index contributed by atoms with van der Waals surface area (Å²) < 4.78 is 0. The molecule has 0 N–H and O–H groups in total. The molecule has 1 aromatic heterocycles. The highest BCUT2D eigenvalue weighted by molar-refractivity contribution is 5.76. The number of benzene rings is 1. The summed E-state index contributed by atoms with van der Waals surface area (Å²) in [5, 5.41) is 0. The van der Waals surface area contributed by atoms with Gasteiger partial charge in [0.25, 0.3) is 0 Å². The topological polar surface area (TPSA) is 49.3 Å². The van der Waals surface area contributed by atoms with Crippen molar-refractivity contribution >= 4 is 11.7 Å². The summed E-state index contributed by atoms with van der Waals surface area (Å²) in [6.07, 6.45) is 8.01. The molecule has 0 bridgehead atoms. The fraction of sp³-hybridized carbons (Fsp3) is 0.577. The van der Waals surface area contributed by atoms with E-state index in [1.165, 1.54) is 37.7 Å². The lowest BCUT2D eigenvalue weighted by atomic mass is 10.1. The number of carbonyl (C=O) groups is 1. The van der Waals surface area contributed by atoms with Crippen molar-refractivity contribution < 1.29 is 4.79 Å². The quantitative estimate of drug-likeness (QED) is 0.503. The smallest absolute Gasteiger partial charge is 0.222 e. The zero-order chi connectivity index (χ0) is 22.2. The van der Waals surface area contributed by atoms with Gasteiger partial charge in [-0.1, -0.05) is 68.9 Å².